The summed E-state index contributed by atoms with van der Waals surface area (Å²) in [5, 5.41) is 14.8. The van der Waals surface area contributed by atoms with E-state index >= 15 is 0 Å². The standard InChI is InChI=1S/C24H23N7O3/c32-23(15-31-16-25-21-4-2-1-3-20(21)24(31)33)28-18-7-5-17(6-8-18)27-22-13-19(14-26-29-22)30-9-11-34-12-10-30/h1-8,13-14,16H,9-12,15H2,(H,27,29)(H,28,32). The van der Waals surface area contributed by atoms with E-state index in [4.69, 9.17) is 4.74 Å². The van der Waals surface area contributed by atoms with Gasteiger partial charge in [-0.15, -0.1) is 5.10 Å². The fraction of sp³-hybridized carbons (Fsp3) is 0.208. The Balaban J connectivity index is 1.21. The van der Waals surface area contributed by atoms with E-state index in [2.05, 4.69) is 30.7 Å². The van der Waals surface area contributed by atoms with Crippen LogP contribution in [0.2, 0.25) is 0 Å². The molecule has 10 nitrogen and oxygen atoms in total. The van der Waals surface area contributed by atoms with Crippen molar-refractivity contribution in [3.63, 3.8) is 0 Å². The van der Waals surface area contributed by atoms with Crippen LogP contribution in [0.15, 0.2) is 71.9 Å². The van der Waals surface area contributed by atoms with E-state index in [1.54, 1.807) is 36.5 Å². The Hall–Kier alpha value is -4.31. The summed E-state index contributed by atoms with van der Waals surface area (Å²) in [5.74, 6) is 0.313. The number of anilines is 4. The number of hydrogen-bond donors (Lipinski definition) is 2. The lowest BCUT2D eigenvalue weighted by Crippen LogP contribution is -2.36. The number of hydrogen-bond acceptors (Lipinski definition) is 8. The van der Waals surface area contributed by atoms with Crippen LogP contribution in [0.5, 0.6) is 0 Å². The lowest BCUT2D eigenvalue weighted by Gasteiger charge is -2.28. The van der Waals surface area contributed by atoms with Crippen molar-refractivity contribution in [1.82, 2.24) is 19.7 Å². The molecule has 0 radical (unpaired) electrons. The minimum Gasteiger partial charge on any atom is -0.378 e. The molecule has 0 aliphatic carbocycles. The molecule has 34 heavy (non-hydrogen) atoms. The van der Waals surface area contributed by atoms with Crippen molar-refractivity contribution in [1.29, 1.82) is 0 Å². The fourth-order valence-electron chi connectivity index (χ4n) is 3.77. The average molecular weight is 457 g/mol. The molecule has 2 aromatic carbocycles. The van der Waals surface area contributed by atoms with Crippen LogP contribution < -0.4 is 21.1 Å². The lowest BCUT2D eigenvalue weighted by molar-refractivity contribution is -0.116. The van der Waals surface area contributed by atoms with Crippen LogP contribution >= 0.6 is 0 Å². The minimum atomic E-state index is -0.316. The van der Waals surface area contributed by atoms with Gasteiger partial charge in [-0.25, -0.2) is 4.98 Å². The molecular formula is C24H23N7O3. The van der Waals surface area contributed by atoms with Gasteiger partial charge in [-0.1, -0.05) is 12.1 Å². The van der Waals surface area contributed by atoms with Crippen molar-refractivity contribution < 1.29 is 9.53 Å². The van der Waals surface area contributed by atoms with Crippen molar-refractivity contribution in [3.8, 4) is 0 Å². The summed E-state index contributed by atoms with van der Waals surface area (Å²) in [4.78, 5) is 31.5. The van der Waals surface area contributed by atoms with Crippen LogP contribution in [-0.2, 0) is 16.1 Å². The number of amides is 1. The molecule has 3 heterocycles. The van der Waals surface area contributed by atoms with Crippen molar-refractivity contribution in [2.45, 2.75) is 6.54 Å². The second-order valence-electron chi connectivity index (χ2n) is 7.84. The first kappa shape index (κ1) is 21.5. The van der Waals surface area contributed by atoms with E-state index in [1.165, 1.54) is 10.9 Å². The summed E-state index contributed by atoms with van der Waals surface area (Å²) < 4.78 is 6.70. The molecule has 0 unspecified atom stereocenters. The summed E-state index contributed by atoms with van der Waals surface area (Å²) in [7, 11) is 0. The second kappa shape index (κ2) is 9.67. The van der Waals surface area contributed by atoms with Gasteiger partial charge in [0.05, 0.1) is 42.3 Å². The lowest BCUT2D eigenvalue weighted by atomic mass is 10.2. The Labute approximate surface area is 195 Å². The number of benzene rings is 2. The van der Waals surface area contributed by atoms with Gasteiger partial charge in [0.15, 0.2) is 5.82 Å². The Kier molecular flexibility index (Phi) is 6.13. The zero-order valence-corrected chi connectivity index (χ0v) is 18.3. The molecule has 0 bridgehead atoms. The molecule has 2 N–H and O–H groups in total. The van der Waals surface area contributed by atoms with Gasteiger partial charge in [0.1, 0.15) is 6.54 Å². The number of para-hydroxylation sites is 1. The molecule has 1 amide bonds. The smallest absolute Gasteiger partial charge is 0.261 e. The molecule has 1 saturated heterocycles. The zero-order chi connectivity index (χ0) is 23.3. The number of carbonyl (C=O) groups excluding carboxylic acids is 1. The summed E-state index contributed by atoms with van der Waals surface area (Å²) in [6, 6.07) is 16.2. The average Bonchev–Trinajstić information content (AvgIpc) is 2.88. The maximum absolute atomic E-state index is 12.6. The zero-order valence-electron chi connectivity index (χ0n) is 18.3. The third-order valence-electron chi connectivity index (χ3n) is 5.50. The third kappa shape index (κ3) is 4.86. The van der Waals surface area contributed by atoms with Gasteiger partial charge >= 0.3 is 0 Å². The van der Waals surface area contributed by atoms with E-state index in [0.717, 1.165) is 24.5 Å². The Morgan fingerprint density at radius 2 is 1.79 bits per heavy atom. The predicted molar refractivity (Wildman–Crippen MR) is 129 cm³/mol. The Morgan fingerprint density at radius 1 is 1.03 bits per heavy atom. The van der Waals surface area contributed by atoms with Gasteiger partial charge < -0.3 is 20.3 Å². The van der Waals surface area contributed by atoms with Gasteiger partial charge in [-0.3, -0.25) is 14.2 Å². The first-order valence-electron chi connectivity index (χ1n) is 10.9. The highest BCUT2D eigenvalue weighted by molar-refractivity contribution is 5.91. The summed E-state index contributed by atoms with van der Waals surface area (Å²) in [5.41, 5.74) is 2.77. The van der Waals surface area contributed by atoms with Gasteiger partial charge in [0.2, 0.25) is 5.91 Å². The topological polar surface area (TPSA) is 114 Å². The van der Waals surface area contributed by atoms with Crippen LogP contribution in [-0.4, -0.2) is 52.0 Å². The van der Waals surface area contributed by atoms with E-state index < -0.39 is 0 Å². The molecule has 4 aromatic rings. The van der Waals surface area contributed by atoms with Crippen molar-refractivity contribution in [2.75, 3.05) is 41.8 Å². The second-order valence-corrected chi connectivity index (χ2v) is 7.84. The molecule has 1 aliphatic heterocycles. The van der Waals surface area contributed by atoms with Crippen LogP contribution in [0, 0.1) is 0 Å². The van der Waals surface area contributed by atoms with Crippen molar-refractivity contribution >= 4 is 39.7 Å². The number of morpholine rings is 1. The normalized spacial score (nSPS) is 13.6. The van der Waals surface area contributed by atoms with Crippen LogP contribution in [0.4, 0.5) is 22.9 Å². The molecule has 1 fully saturated rings. The fourth-order valence-corrected chi connectivity index (χ4v) is 3.77. The molecule has 10 heteroatoms. The summed E-state index contributed by atoms with van der Waals surface area (Å²) in [6.07, 6.45) is 3.13. The van der Waals surface area contributed by atoms with Crippen molar-refractivity contribution in [2.24, 2.45) is 0 Å². The quantitative estimate of drug-likeness (QED) is 0.454. The predicted octanol–water partition coefficient (Wildman–Crippen LogP) is 2.41. The minimum absolute atomic E-state index is 0.124. The van der Waals surface area contributed by atoms with Crippen molar-refractivity contribution in [3.05, 3.63) is 77.5 Å². The maximum Gasteiger partial charge on any atom is 0.261 e. The SMILES string of the molecule is O=C(Cn1cnc2ccccc2c1=O)Nc1ccc(Nc2cc(N3CCOCC3)cnn2)cc1. The van der Waals surface area contributed by atoms with Gasteiger partial charge in [0.25, 0.3) is 5.56 Å². The first-order valence-corrected chi connectivity index (χ1v) is 10.9. The molecule has 0 atom stereocenters. The summed E-state index contributed by atoms with van der Waals surface area (Å²) >= 11 is 0. The molecule has 2 aromatic heterocycles. The highest BCUT2D eigenvalue weighted by Gasteiger charge is 2.13. The van der Waals surface area contributed by atoms with Gasteiger partial charge in [-0.2, -0.15) is 5.10 Å². The number of rotatable bonds is 6. The number of ether oxygens (including phenoxy) is 1. The van der Waals surface area contributed by atoms with E-state index in [1.807, 2.05) is 24.3 Å². The van der Waals surface area contributed by atoms with Gasteiger partial charge in [0, 0.05) is 30.5 Å². The van der Waals surface area contributed by atoms with Crippen LogP contribution in [0.3, 0.4) is 0 Å². The van der Waals surface area contributed by atoms with Crippen LogP contribution in [0.1, 0.15) is 0 Å². The molecule has 1 aliphatic rings. The Morgan fingerprint density at radius 3 is 2.62 bits per heavy atom. The largest absolute Gasteiger partial charge is 0.378 e. The molecular weight excluding hydrogens is 434 g/mol. The highest BCUT2D eigenvalue weighted by Crippen LogP contribution is 2.21. The van der Waals surface area contributed by atoms with Gasteiger partial charge in [-0.05, 0) is 36.4 Å². The molecule has 5 rings (SSSR count). The monoisotopic (exact) mass is 457 g/mol. The number of fused-ring (bicyclic) bond motifs is 1. The number of carbonyl (C=O) groups is 1. The Bertz CT molecular complexity index is 1370. The number of aromatic nitrogens is 4. The van der Waals surface area contributed by atoms with E-state index in [0.29, 0.717) is 35.6 Å². The first-order chi connectivity index (χ1) is 16.7. The van der Waals surface area contributed by atoms with Crippen LogP contribution in [0.25, 0.3) is 10.9 Å². The van der Waals surface area contributed by atoms with E-state index in [-0.39, 0.29) is 18.0 Å². The molecule has 172 valence electrons. The number of nitrogens with zero attached hydrogens (tertiary/aromatic N) is 5. The molecule has 0 spiro atoms. The molecule has 0 saturated carbocycles. The highest BCUT2D eigenvalue weighted by atomic mass is 16.5. The number of nitrogens with one attached hydrogen (secondary N) is 2. The maximum atomic E-state index is 12.6. The van der Waals surface area contributed by atoms with E-state index in [9.17, 15) is 9.59 Å². The third-order valence-corrected chi connectivity index (χ3v) is 5.50. The summed E-state index contributed by atoms with van der Waals surface area (Å²) in [6.45, 7) is 2.91.